The van der Waals surface area contributed by atoms with Crippen LogP contribution in [0.3, 0.4) is 0 Å². The van der Waals surface area contributed by atoms with Gasteiger partial charge in [-0.2, -0.15) is 4.99 Å². The molecule has 1 aromatic carbocycles. The number of carbonyl (C=O) groups is 1. The second-order valence-electron chi connectivity index (χ2n) is 3.95. The molecule has 0 unspecified atom stereocenters. The highest BCUT2D eigenvalue weighted by atomic mass is 32.2. The molecule has 2 aromatic rings. The van der Waals surface area contributed by atoms with E-state index in [1.165, 1.54) is 23.5 Å². The Morgan fingerprint density at radius 2 is 2.21 bits per heavy atom. The number of pyridine rings is 1. The second-order valence-corrected chi connectivity index (χ2v) is 6.04. The van der Waals surface area contributed by atoms with Gasteiger partial charge in [0.25, 0.3) is 5.91 Å². The number of hydrogen-bond donors (Lipinski definition) is 0. The highest BCUT2D eigenvalue weighted by molar-refractivity contribution is 8.40. The number of aromatic nitrogens is 1. The van der Waals surface area contributed by atoms with Crippen LogP contribution in [0.15, 0.2) is 46.4 Å². The molecule has 1 aromatic heterocycles. The molecule has 2 heterocycles. The largest absolute Gasteiger partial charge is 0.285 e. The number of benzene rings is 1. The minimum Gasteiger partial charge on any atom is -0.266 e. The number of hydrogen-bond acceptors (Lipinski definition) is 4. The number of carbonyl (C=O) groups excluding carboxylic acids is 1. The van der Waals surface area contributed by atoms with E-state index in [0.717, 1.165) is 20.8 Å². The maximum absolute atomic E-state index is 11.7. The molecule has 1 amide bonds. The van der Waals surface area contributed by atoms with Gasteiger partial charge in [0, 0.05) is 11.6 Å². The third-order valence-corrected chi connectivity index (χ3v) is 4.67. The first-order valence-corrected chi connectivity index (χ1v) is 7.72. The number of amides is 1. The van der Waals surface area contributed by atoms with Gasteiger partial charge in [-0.1, -0.05) is 23.9 Å². The predicted octanol–water partition coefficient (Wildman–Crippen LogP) is 3.57. The molecule has 3 rings (SSSR count). The molecule has 0 saturated carbocycles. The standard InChI is InChI=1S/C14H10N2OS2/c1-18-14-16-13(17)12(19-14)8-9-4-5-11-10(7-9)3-2-6-15-11/h2-8H,1H3. The van der Waals surface area contributed by atoms with E-state index >= 15 is 0 Å². The lowest BCUT2D eigenvalue weighted by Gasteiger charge is -1.99. The summed E-state index contributed by atoms with van der Waals surface area (Å²) in [5, 5.41) is 1.07. The molecule has 3 nitrogen and oxygen atoms in total. The van der Waals surface area contributed by atoms with Crippen LogP contribution in [0.25, 0.3) is 17.0 Å². The third-order valence-electron chi connectivity index (χ3n) is 2.70. The number of nitrogens with zero attached hydrogens (tertiary/aromatic N) is 2. The van der Waals surface area contributed by atoms with Gasteiger partial charge < -0.3 is 0 Å². The smallest absolute Gasteiger partial charge is 0.266 e. The van der Waals surface area contributed by atoms with Crippen LogP contribution in [-0.2, 0) is 4.79 Å². The van der Waals surface area contributed by atoms with Crippen molar-refractivity contribution in [2.45, 2.75) is 0 Å². The third kappa shape index (κ3) is 2.57. The molecule has 0 bridgehead atoms. The fourth-order valence-corrected chi connectivity index (χ4v) is 3.23. The monoisotopic (exact) mass is 286 g/mol. The van der Waals surface area contributed by atoms with Crippen molar-refractivity contribution >= 4 is 50.8 Å². The summed E-state index contributed by atoms with van der Waals surface area (Å²) < 4.78 is 0.804. The van der Waals surface area contributed by atoms with Crippen LogP contribution < -0.4 is 0 Å². The molecule has 0 N–H and O–H groups in total. The summed E-state index contributed by atoms with van der Waals surface area (Å²) in [6, 6.07) is 9.87. The molecule has 0 spiro atoms. The molecule has 0 fully saturated rings. The van der Waals surface area contributed by atoms with Gasteiger partial charge in [0.1, 0.15) is 4.38 Å². The first-order chi connectivity index (χ1) is 9.26. The van der Waals surface area contributed by atoms with Crippen LogP contribution in [0.5, 0.6) is 0 Å². The summed E-state index contributed by atoms with van der Waals surface area (Å²) in [5.41, 5.74) is 1.95. The highest BCUT2D eigenvalue weighted by Gasteiger charge is 2.20. The van der Waals surface area contributed by atoms with Crippen LogP contribution in [-0.4, -0.2) is 21.5 Å². The van der Waals surface area contributed by atoms with E-state index in [1.807, 2.05) is 42.7 Å². The van der Waals surface area contributed by atoms with Crippen molar-refractivity contribution in [2.75, 3.05) is 6.26 Å². The summed E-state index contributed by atoms with van der Waals surface area (Å²) in [5.74, 6) is -0.152. The van der Waals surface area contributed by atoms with Crippen molar-refractivity contribution in [3.05, 3.63) is 47.0 Å². The number of rotatable bonds is 1. The molecular formula is C14H10N2OS2. The molecule has 0 atom stereocenters. The average molecular weight is 286 g/mol. The maximum Gasteiger partial charge on any atom is 0.285 e. The van der Waals surface area contributed by atoms with Crippen LogP contribution in [0.1, 0.15) is 5.56 Å². The number of fused-ring (bicyclic) bond motifs is 1. The van der Waals surface area contributed by atoms with E-state index in [0.29, 0.717) is 4.91 Å². The van der Waals surface area contributed by atoms with Crippen molar-refractivity contribution in [3.8, 4) is 0 Å². The Balaban J connectivity index is 1.96. The maximum atomic E-state index is 11.7. The molecule has 0 radical (unpaired) electrons. The van der Waals surface area contributed by atoms with E-state index in [1.54, 1.807) is 6.20 Å². The van der Waals surface area contributed by atoms with Crippen LogP contribution in [0, 0.1) is 0 Å². The first kappa shape index (κ1) is 12.4. The lowest BCUT2D eigenvalue weighted by molar-refractivity contribution is -0.113. The van der Waals surface area contributed by atoms with E-state index in [-0.39, 0.29) is 5.91 Å². The first-order valence-electron chi connectivity index (χ1n) is 5.67. The average Bonchev–Trinajstić information content (AvgIpc) is 2.79. The van der Waals surface area contributed by atoms with E-state index in [9.17, 15) is 4.79 Å². The van der Waals surface area contributed by atoms with Crippen LogP contribution >= 0.6 is 23.5 Å². The summed E-state index contributed by atoms with van der Waals surface area (Å²) >= 11 is 2.92. The Hall–Kier alpha value is -1.59. The molecule has 1 aliphatic rings. The number of thioether (sulfide) groups is 2. The SMILES string of the molecule is CSC1=NC(=O)C(=Cc2ccc3ncccc3c2)S1. The van der Waals surface area contributed by atoms with Crippen LogP contribution in [0.2, 0.25) is 0 Å². The van der Waals surface area contributed by atoms with Gasteiger partial charge in [-0.3, -0.25) is 9.78 Å². The van der Waals surface area contributed by atoms with Crippen molar-refractivity contribution in [1.82, 2.24) is 4.98 Å². The summed E-state index contributed by atoms with van der Waals surface area (Å²) in [4.78, 5) is 20.6. The Morgan fingerprint density at radius 1 is 1.32 bits per heavy atom. The fourth-order valence-electron chi connectivity index (χ4n) is 1.81. The van der Waals surface area contributed by atoms with Gasteiger partial charge in [-0.15, -0.1) is 11.8 Å². The summed E-state index contributed by atoms with van der Waals surface area (Å²) in [6.07, 6.45) is 5.57. The Morgan fingerprint density at radius 3 is 3.00 bits per heavy atom. The topological polar surface area (TPSA) is 42.3 Å². The zero-order valence-corrected chi connectivity index (χ0v) is 11.8. The van der Waals surface area contributed by atoms with E-state index < -0.39 is 0 Å². The molecule has 1 aliphatic heterocycles. The quantitative estimate of drug-likeness (QED) is 0.752. The van der Waals surface area contributed by atoms with Gasteiger partial charge >= 0.3 is 0 Å². The molecule has 0 saturated heterocycles. The molecular weight excluding hydrogens is 276 g/mol. The minimum atomic E-state index is -0.152. The van der Waals surface area contributed by atoms with Gasteiger partial charge in [-0.25, -0.2) is 0 Å². The van der Waals surface area contributed by atoms with Gasteiger partial charge in [0.2, 0.25) is 0 Å². The van der Waals surface area contributed by atoms with Crippen molar-refractivity contribution in [1.29, 1.82) is 0 Å². The molecule has 5 heteroatoms. The lowest BCUT2D eigenvalue weighted by Crippen LogP contribution is -1.88. The normalized spacial score (nSPS) is 17.2. The predicted molar refractivity (Wildman–Crippen MR) is 83.3 cm³/mol. The summed E-state index contributed by atoms with van der Waals surface area (Å²) in [7, 11) is 0. The lowest BCUT2D eigenvalue weighted by atomic mass is 10.1. The van der Waals surface area contributed by atoms with E-state index in [2.05, 4.69) is 9.98 Å². The fraction of sp³-hybridized carbons (Fsp3) is 0.0714. The molecule has 94 valence electrons. The Bertz CT molecular complexity index is 722. The number of aliphatic imine (C=N–C) groups is 1. The Kier molecular flexibility index (Phi) is 3.40. The van der Waals surface area contributed by atoms with Gasteiger partial charge in [0.15, 0.2) is 0 Å². The minimum absolute atomic E-state index is 0.152. The highest BCUT2D eigenvalue weighted by Crippen LogP contribution is 2.32. The van der Waals surface area contributed by atoms with Gasteiger partial charge in [-0.05, 0) is 36.1 Å². The zero-order valence-electron chi connectivity index (χ0n) is 10.2. The Labute approximate surface area is 119 Å². The molecule has 19 heavy (non-hydrogen) atoms. The van der Waals surface area contributed by atoms with Gasteiger partial charge in [0.05, 0.1) is 10.4 Å². The summed E-state index contributed by atoms with van der Waals surface area (Å²) in [6.45, 7) is 0. The van der Waals surface area contributed by atoms with Crippen LogP contribution in [0.4, 0.5) is 0 Å². The van der Waals surface area contributed by atoms with E-state index in [4.69, 9.17) is 0 Å². The van der Waals surface area contributed by atoms with Crippen molar-refractivity contribution in [3.63, 3.8) is 0 Å². The van der Waals surface area contributed by atoms with Crippen molar-refractivity contribution < 1.29 is 4.79 Å². The molecule has 0 aliphatic carbocycles. The zero-order chi connectivity index (χ0) is 13.2. The second kappa shape index (κ2) is 5.19. The van der Waals surface area contributed by atoms with Crippen molar-refractivity contribution in [2.24, 2.45) is 4.99 Å².